The number of piperazine rings is 1. The number of carbonyl (C=O) groups excluding carboxylic acids is 2. The lowest BCUT2D eigenvalue weighted by Gasteiger charge is -2.37. The molecule has 0 spiro atoms. The minimum absolute atomic E-state index is 0.171. The van der Waals surface area contributed by atoms with Crippen molar-refractivity contribution in [2.24, 2.45) is 0 Å². The molecule has 2 aliphatic rings. The first-order chi connectivity index (χ1) is 15.1. The van der Waals surface area contributed by atoms with Crippen LogP contribution in [0.4, 0.5) is 10.5 Å². The van der Waals surface area contributed by atoms with Gasteiger partial charge < -0.3 is 15.0 Å². The van der Waals surface area contributed by atoms with Gasteiger partial charge in [0.15, 0.2) is 0 Å². The minimum atomic E-state index is -0.976. The second-order valence-electron chi connectivity index (χ2n) is 7.94. The molecule has 4 rings (SSSR count). The molecule has 2 saturated heterocycles. The quantitative estimate of drug-likeness (QED) is 0.695. The molecule has 2 fully saturated rings. The van der Waals surface area contributed by atoms with Crippen molar-refractivity contribution in [2.45, 2.75) is 25.8 Å². The maximum absolute atomic E-state index is 13.3. The van der Waals surface area contributed by atoms with Crippen LogP contribution in [0.1, 0.15) is 25.8 Å². The van der Waals surface area contributed by atoms with Gasteiger partial charge >= 0.3 is 6.03 Å². The van der Waals surface area contributed by atoms with E-state index in [0.717, 1.165) is 43.2 Å². The van der Waals surface area contributed by atoms with Gasteiger partial charge in [0.25, 0.3) is 5.91 Å². The number of amides is 3. The molecule has 2 heterocycles. The zero-order chi connectivity index (χ0) is 21.8. The molecule has 0 bridgehead atoms. The fraction of sp³-hybridized carbons (Fsp3) is 0.417. The normalized spacial score (nSPS) is 22.0. The number of para-hydroxylation sites is 2. The van der Waals surface area contributed by atoms with E-state index in [1.165, 1.54) is 4.90 Å². The topological polar surface area (TPSA) is 65.1 Å². The minimum Gasteiger partial charge on any atom is -0.492 e. The summed E-state index contributed by atoms with van der Waals surface area (Å²) in [6.45, 7) is 8.01. The molecule has 2 aromatic carbocycles. The van der Waals surface area contributed by atoms with Crippen molar-refractivity contribution >= 4 is 17.6 Å². The van der Waals surface area contributed by atoms with Crippen LogP contribution < -0.4 is 15.0 Å². The second-order valence-corrected chi connectivity index (χ2v) is 7.94. The van der Waals surface area contributed by atoms with Crippen molar-refractivity contribution in [2.75, 3.05) is 44.4 Å². The molecule has 164 valence electrons. The SMILES string of the molecule is CCOc1ccccc1N1CCN(CN2C(=O)N[C@](CC)(c3ccccc3)C2=O)CC1. The van der Waals surface area contributed by atoms with Gasteiger partial charge in [-0.15, -0.1) is 0 Å². The molecule has 7 nitrogen and oxygen atoms in total. The van der Waals surface area contributed by atoms with Gasteiger partial charge in [-0.3, -0.25) is 9.69 Å². The number of carbonyl (C=O) groups is 2. The van der Waals surface area contributed by atoms with E-state index in [-0.39, 0.29) is 11.9 Å². The van der Waals surface area contributed by atoms with Gasteiger partial charge in [-0.2, -0.15) is 0 Å². The molecule has 0 radical (unpaired) electrons. The van der Waals surface area contributed by atoms with Crippen molar-refractivity contribution in [1.82, 2.24) is 15.1 Å². The predicted molar refractivity (Wildman–Crippen MR) is 120 cm³/mol. The summed E-state index contributed by atoms with van der Waals surface area (Å²) in [7, 11) is 0. The average molecular weight is 423 g/mol. The maximum Gasteiger partial charge on any atom is 0.326 e. The lowest BCUT2D eigenvalue weighted by molar-refractivity contribution is -0.133. The van der Waals surface area contributed by atoms with Crippen molar-refractivity contribution in [1.29, 1.82) is 0 Å². The van der Waals surface area contributed by atoms with E-state index in [0.29, 0.717) is 19.7 Å². The zero-order valence-corrected chi connectivity index (χ0v) is 18.2. The molecule has 0 saturated carbocycles. The van der Waals surface area contributed by atoms with Crippen molar-refractivity contribution in [3.63, 3.8) is 0 Å². The average Bonchev–Trinajstić information content (AvgIpc) is 3.06. The van der Waals surface area contributed by atoms with Crippen LogP contribution in [0.3, 0.4) is 0 Å². The highest BCUT2D eigenvalue weighted by molar-refractivity contribution is 6.07. The van der Waals surface area contributed by atoms with Crippen LogP contribution >= 0.6 is 0 Å². The second kappa shape index (κ2) is 8.98. The number of nitrogens with one attached hydrogen (secondary N) is 1. The predicted octanol–water partition coefficient (Wildman–Crippen LogP) is 3.02. The number of ether oxygens (including phenoxy) is 1. The first-order valence-corrected chi connectivity index (χ1v) is 11.0. The number of benzene rings is 2. The molecule has 1 atom stereocenters. The molecule has 3 amide bonds. The van der Waals surface area contributed by atoms with Gasteiger partial charge in [-0.05, 0) is 31.0 Å². The van der Waals surface area contributed by atoms with E-state index in [1.54, 1.807) is 0 Å². The molecular weight excluding hydrogens is 392 g/mol. The number of hydrogen-bond donors (Lipinski definition) is 1. The summed E-state index contributed by atoms with van der Waals surface area (Å²) in [6.07, 6.45) is 0.514. The van der Waals surface area contributed by atoms with Crippen LogP contribution in [0, 0.1) is 0 Å². The first kappa shape index (κ1) is 21.2. The molecular formula is C24H30N4O3. The summed E-state index contributed by atoms with van der Waals surface area (Å²) >= 11 is 0. The standard InChI is InChI=1S/C24H30N4O3/c1-3-24(19-10-6-5-7-11-19)22(29)28(23(30)25-24)18-26-14-16-27(17-15-26)20-12-8-9-13-21(20)31-4-2/h5-13H,3-4,14-18H2,1-2H3,(H,25,30)/t24-/m1/s1. The third kappa shape index (κ3) is 3.97. The van der Waals surface area contributed by atoms with Crippen LogP contribution in [0.2, 0.25) is 0 Å². The summed E-state index contributed by atoms with van der Waals surface area (Å²) in [5.41, 5.74) is 0.945. The third-order valence-corrected chi connectivity index (χ3v) is 6.19. The smallest absolute Gasteiger partial charge is 0.326 e. The third-order valence-electron chi connectivity index (χ3n) is 6.19. The summed E-state index contributed by atoms with van der Waals surface area (Å²) in [5.74, 6) is 0.721. The zero-order valence-electron chi connectivity index (χ0n) is 18.2. The Balaban J connectivity index is 1.42. The summed E-state index contributed by atoms with van der Waals surface area (Å²) in [6, 6.07) is 17.3. The van der Waals surface area contributed by atoms with Gasteiger partial charge in [0.05, 0.1) is 19.0 Å². The van der Waals surface area contributed by atoms with Gasteiger partial charge in [-0.1, -0.05) is 49.4 Å². The van der Waals surface area contributed by atoms with E-state index in [1.807, 2.05) is 62.4 Å². The fourth-order valence-corrected chi connectivity index (χ4v) is 4.44. The Hall–Kier alpha value is -3.06. The Kier molecular flexibility index (Phi) is 6.13. The number of nitrogens with zero attached hydrogens (tertiary/aromatic N) is 3. The maximum atomic E-state index is 13.3. The van der Waals surface area contributed by atoms with Crippen LogP contribution in [0.15, 0.2) is 54.6 Å². The first-order valence-electron chi connectivity index (χ1n) is 11.0. The van der Waals surface area contributed by atoms with E-state index in [4.69, 9.17) is 4.74 Å². The molecule has 2 aliphatic heterocycles. The Morgan fingerprint density at radius 3 is 2.29 bits per heavy atom. The van der Waals surface area contributed by atoms with E-state index < -0.39 is 5.54 Å². The Morgan fingerprint density at radius 2 is 1.61 bits per heavy atom. The summed E-state index contributed by atoms with van der Waals surface area (Å²) in [5, 5.41) is 2.96. The summed E-state index contributed by atoms with van der Waals surface area (Å²) < 4.78 is 5.77. The van der Waals surface area contributed by atoms with Crippen molar-refractivity contribution in [3.8, 4) is 5.75 Å². The highest BCUT2D eigenvalue weighted by Crippen LogP contribution is 2.33. The molecule has 0 aliphatic carbocycles. The number of hydrogen-bond acceptors (Lipinski definition) is 5. The number of imide groups is 1. The van der Waals surface area contributed by atoms with E-state index in [9.17, 15) is 9.59 Å². The summed E-state index contributed by atoms with van der Waals surface area (Å²) in [4.78, 5) is 31.9. The molecule has 2 aromatic rings. The number of urea groups is 1. The van der Waals surface area contributed by atoms with Crippen LogP contribution in [-0.4, -0.2) is 61.2 Å². The highest BCUT2D eigenvalue weighted by atomic mass is 16.5. The molecule has 1 N–H and O–H groups in total. The van der Waals surface area contributed by atoms with E-state index in [2.05, 4.69) is 21.2 Å². The lowest BCUT2D eigenvalue weighted by atomic mass is 9.87. The van der Waals surface area contributed by atoms with Crippen molar-refractivity contribution < 1.29 is 14.3 Å². The lowest BCUT2D eigenvalue weighted by Crippen LogP contribution is -2.51. The van der Waals surface area contributed by atoms with Crippen LogP contribution in [-0.2, 0) is 10.3 Å². The molecule has 7 heteroatoms. The fourth-order valence-electron chi connectivity index (χ4n) is 4.44. The van der Waals surface area contributed by atoms with Gasteiger partial charge in [0.1, 0.15) is 11.3 Å². The molecule has 0 unspecified atom stereocenters. The van der Waals surface area contributed by atoms with Crippen LogP contribution in [0.25, 0.3) is 0 Å². The Labute approximate surface area is 183 Å². The molecule has 0 aromatic heterocycles. The highest BCUT2D eigenvalue weighted by Gasteiger charge is 2.51. The number of rotatable bonds is 7. The van der Waals surface area contributed by atoms with Crippen molar-refractivity contribution in [3.05, 3.63) is 60.2 Å². The van der Waals surface area contributed by atoms with Crippen LogP contribution in [0.5, 0.6) is 5.75 Å². The van der Waals surface area contributed by atoms with Gasteiger partial charge in [0.2, 0.25) is 0 Å². The largest absolute Gasteiger partial charge is 0.492 e. The number of anilines is 1. The van der Waals surface area contributed by atoms with Gasteiger partial charge in [0, 0.05) is 26.2 Å². The molecule has 31 heavy (non-hydrogen) atoms. The van der Waals surface area contributed by atoms with E-state index >= 15 is 0 Å². The van der Waals surface area contributed by atoms with Gasteiger partial charge in [-0.25, -0.2) is 9.69 Å². The monoisotopic (exact) mass is 422 g/mol. The Bertz CT molecular complexity index is 927. The Morgan fingerprint density at radius 1 is 0.935 bits per heavy atom.